The summed E-state index contributed by atoms with van der Waals surface area (Å²) in [6, 6.07) is 17.1. The van der Waals surface area contributed by atoms with Gasteiger partial charge in [-0.05, 0) is 36.2 Å². The van der Waals surface area contributed by atoms with Crippen molar-refractivity contribution in [3.05, 3.63) is 65.7 Å². The van der Waals surface area contributed by atoms with E-state index >= 15 is 0 Å². The SMILES string of the molecule is NC(=O)COc1ccc(C(=O)N2CCC(c3ccccc3)C2)cc1. The lowest BCUT2D eigenvalue weighted by molar-refractivity contribution is -0.119. The van der Waals surface area contributed by atoms with Crippen molar-refractivity contribution in [3.8, 4) is 5.75 Å². The molecule has 1 aliphatic heterocycles. The fourth-order valence-corrected chi connectivity index (χ4v) is 2.97. The van der Waals surface area contributed by atoms with Crippen LogP contribution in [0.15, 0.2) is 54.6 Å². The predicted octanol–water partition coefficient (Wildman–Crippen LogP) is 2.18. The summed E-state index contributed by atoms with van der Waals surface area (Å²) in [5.41, 5.74) is 6.94. The van der Waals surface area contributed by atoms with Gasteiger partial charge in [-0.3, -0.25) is 9.59 Å². The van der Waals surface area contributed by atoms with E-state index in [0.717, 1.165) is 19.5 Å². The lowest BCUT2D eigenvalue weighted by Crippen LogP contribution is -2.28. The molecule has 2 N–H and O–H groups in total. The van der Waals surface area contributed by atoms with Gasteiger partial charge >= 0.3 is 0 Å². The second-order valence-electron chi connectivity index (χ2n) is 5.93. The van der Waals surface area contributed by atoms with E-state index in [9.17, 15) is 9.59 Å². The molecule has 1 heterocycles. The first-order valence-corrected chi connectivity index (χ1v) is 7.99. The highest BCUT2D eigenvalue weighted by molar-refractivity contribution is 5.94. The first-order valence-electron chi connectivity index (χ1n) is 7.99. The predicted molar refractivity (Wildman–Crippen MR) is 90.8 cm³/mol. The maximum absolute atomic E-state index is 12.6. The van der Waals surface area contributed by atoms with Crippen molar-refractivity contribution in [3.63, 3.8) is 0 Å². The fourth-order valence-electron chi connectivity index (χ4n) is 2.97. The van der Waals surface area contributed by atoms with Gasteiger partial charge in [0.2, 0.25) is 0 Å². The van der Waals surface area contributed by atoms with Crippen LogP contribution in [0.25, 0.3) is 0 Å². The van der Waals surface area contributed by atoms with Gasteiger partial charge in [-0.1, -0.05) is 30.3 Å². The Morgan fingerprint density at radius 1 is 1.08 bits per heavy atom. The molecule has 1 aliphatic rings. The topological polar surface area (TPSA) is 72.6 Å². The number of carbonyl (C=O) groups excluding carboxylic acids is 2. The van der Waals surface area contributed by atoms with Gasteiger partial charge in [0, 0.05) is 24.6 Å². The molecule has 0 spiro atoms. The average Bonchev–Trinajstić information content (AvgIpc) is 3.10. The summed E-state index contributed by atoms with van der Waals surface area (Å²) >= 11 is 0. The summed E-state index contributed by atoms with van der Waals surface area (Å²) in [6.07, 6.45) is 0.982. The minimum absolute atomic E-state index is 0.0230. The zero-order chi connectivity index (χ0) is 16.9. The van der Waals surface area contributed by atoms with Gasteiger partial charge in [-0.15, -0.1) is 0 Å². The highest BCUT2D eigenvalue weighted by Crippen LogP contribution is 2.28. The standard InChI is InChI=1S/C19H20N2O3/c20-18(22)13-24-17-8-6-15(7-9-17)19(23)21-11-10-16(12-21)14-4-2-1-3-5-14/h1-9,16H,10-13H2,(H2,20,22). The summed E-state index contributed by atoms with van der Waals surface area (Å²) in [6.45, 7) is 1.33. The second kappa shape index (κ2) is 7.17. The van der Waals surface area contributed by atoms with E-state index in [1.807, 2.05) is 23.1 Å². The van der Waals surface area contributed by atoms with Crippen molar-refractivity contribution in [2.24, 2.45) is 5.73 Å². The fraction of sp³-hybridized carbons (Fsp3) is 0.263. The van der Waals surface area contributed by atoms with Gasteiger partial charge < -0.3 is 15.4 Å². The normalized spacial score (nSPS) is 16.8. The van der Waals surface area contributed by atoms with Crippen LogP contribution < -0.4 is 10.5 Å². The van der Waals surface area contributed by atoms with Crippen LogP contribution in [0.1, 0.15) is 28.3 Å². The highest BCUT2D eigenvalue weighted by Gasteiger charge is 2.27. The van der Waals surface area contributed by atoms with E-state index < -0.39 is 5.91 Å². The Morgan fingerprint density at radius 3 is 2.46 bits per heavy atom. The second-order valence-corrected chi connectivity index (χ2v) is 5.93. The van der Waals surface area contributed by atoms with Crippen LogP contribution in [0, 0.1) is 0 Å². The Labute approximate surface area is 141 Å². The van der Waals surface area contributed by atoms with E-state index in [2.05, 4.69) is 12.1 Å². The number of hydrogen-bond donors (Lipinski definition) is 1. The maximum atomic E-state index is 12.6. The Morgan fingerprint density at radius 2 is 1.79 bits per heavy atom. The molecule has 0 aliphatic carbocycles. The van der Waals surface area contributed by atoms with Gasteiger partial charge in [0.25, 0.3) is 11.8 Å². The molecule has 1 saturated heterocycles. The summed E-state index contributed by atoms with van der Waals surface area (Å²) in [4.78, 5) is 25.2. The molecular weight excluding hydrogens is 304 g/mol. The first-order chi connectivity index (χ1) is 11.6. The number of benzene rings is 2. The van der Waals surface area contributed by atoms with Crippen molar-refractivity contribution < 1.29 is 14.3 Å². The van der Waals surface area contributed by atoms with Crippen LogP contribution in [0.4, 0.5) is 0 Å². The molecule has 1 atom stereocenters. The number of ether oxygens (including phenoxy) is 1. The molecule has 5 heteroatoms. The number of nitrogens with zero attached hydrogens (tertiary/aromatic N) is 1. The molecule has 1 unspecified atom stereocenters. The molecule has 24 heavy (non-hydrogen) atoms. The molecule has 124 valence electrons. The van der Waals surface area contributed by atoms with Crippen LogP contribution >= 0.6 is 0 Å². The van der Waals surface area contributed by atoms with Gasteiger partial charge in [0.15, 0.2) is 6.61 Å². The lowest BCUT2D eigenvalue weighted by Gasteiger charge is -2.17. The summed E-state index contributed by atoms with van der Waals surface area (Å²) in [5, 5.41) is 0. The third kappa shape index (κ3) is 3.74. The number of primary amides is 1. The molecule has 3 rings (SSSR count). The average molecular weight is 324 g/mol. The van der Waals surface area contributed by atoms with Crippen molar-refractivity contribution in [2.75, 3.05) is 19.7 Å². The van der Waals surface area contributed by atoms with Crippen LogP contribution in [-0.4, -0.2) is 36.4 Å². The minimum Gasteiger partial charge on any atom is -0.484 e. The third-order valence-electron chi connectivity index (χ3n) is 4.23. The molecule has 0 bridgehead atoms. The Hall–Kier alpha value is -2.82. The number of nitrogens with two attached hydrogens (primary N) is 1. The Kier molecular flexibility index (Phi) is 4.79. The largest absolute Gasteiger partial charge is 0.484 e. The van der Waals surface area contributed by atoms with Crippen molar-refractivity contribution in [1.29, 1.82) is 0 Å². The van der Waals surface area contributed by atoms with Gasteiger partial charge in [-0.25, -0.2) is 0 Å². The van der Waals surface area contributed by atoms with Crippen LogP contribution in [0.2, 0.25) is 0 Å². The van der Waals surface area contributed by atoms with E-state index in [1.54, 1.807) is 24.3 Å². The highest BCUT2D eigenvalue weighted by atomic mass is 16.5. The number of likely N-dealkylation sites (tertiary alicyclic amines) is 1. The number of amides is 2. The maximum Gasteiger partial charge on any atom is 0.255 e. The number of rotatable bonds is 5. The summed E-state index contributed by atoms with van der Waals surface area (Å²) in [7, 11) is 0. The molecule has 2 amide bonds. The van der Waals surface area contributed by atoms with Crippen molar-refractivity contribution in [1.82, 2.24) is 4.90 Å². The first kappa shape index (κ1) is 16.1. The van der Waals surface area contributed by atoms with Crippen LogP contribution in [0.3, 0.4) is 0 Å². The Bertz CT molecular complexity index is 713. The van der Waals surface area contributed by atoms with Gasteiger partial charge in [0.05, 0.1) is 0 Å². The van der Waals surface area contributed by atoms with Gasteiger partial charge in [-0.2, -0.15) is 0 Å². The molecule has 2 aromatic carbocycles. The van der Waals surface area contributed by atoms with Crippen LogP contribution in [0.5, 0.6) is 5.75 Å². The van der Waals surface area contributed by atoms with Crippen molar-refractivity contribution in [2.45, 2.75) is 12.3 Å². The zero-order valence-electron chi connectivity index (χ0n) is 13.4. The molecule has 0 saturated carbocycles. The molecule has 5 nitrogen and oxygen atoms in total. The molecule has 0 aromatic heterocycles. The van der Waals surface area contributed by atoms with E-state index in [-0.39, 0.29) is 12.5 Å². The zero-order valence-corrected chi connectivity index (χ0v) is 13.4. The van der Waals surface area contributed by atoms with E-state index in [4.69, 9.17) is 10.5 Å². The van der Waals surface area contributed by atoms with Crippen LogP contribution in [-0.2, 0) is 4.79 Å². The smallest absolute Gasteiger partial charge is 0.255 e. The molecular formula is C19H20N2O3. The third-order valence-corrected chi connectivity index (χ3v) is 4.23. The Balaban J connectivity index is 1.61. The monoisotopic (exact) mass is 324 g/mol. The van der Waals surface area contributed by atoms with E-state index in [0.29, 0.717) is 17.2 Å². The molecule has 0 radical (unpaired) electrons. The van der Waals surface area contributed by atoms with E-state index in [1.165, 1.54) is 5.56 Å². The minimum atomic E-state index is -0.529. The lowest BCUT2D eigenvalue weighted by atomic mass is 9.99. The molecule has 1 fully saturated rings. The van der Waals surface area contributed by atoms with Crippen molar-refractivity contribution >= 4 is 11.8 Å². The number of carbonyl (C=O) groups is 2. The quantitative estimate of drug-likeness (QED) is 0.916. The molecule has 2 aromatic rings. The summed E-state index contributed by atoms with van der Waals surface area (Å²) < 4.78 is 5.20. The number of hydrogen-bond acceptors (Lipinski definition) is 3. The summed E-state index contributed by atoms with van der Waals surface area (Å²) in [5.74, 6) is 0.413. The van der Waals surface area contributed by atoms with Gasteiger partial charge in [0.1, 0.15) is 5.75 Å².